The van der Waals surface area contributed by atoms with Crippen molar-refractivity contribution in [3.05, 3.63) is 82.9 Å². The van der Waals surface area contributed by atoms with Gasteiger partial charge in [-0.05, 0) is 27.9 Å². The van der Waals surface area contributed by atoms with Crippen molar-refractivity contribution in [1.29, 1.82) is 0 Å². The van der Waals surface area contributed by atoms with Gasteiger partial charge in [-0.2, -0.15) is 0 Å². The van der Waals surface area contributed by atoms with Gasteiger partial charge in [-0.1, -0.05) is 93.0 Å². The Balaban J connectivity index is 2.32. The molecule has 0 unspecified atom stereocenters. The summed E-state index contributed by atoms with van der Waals surface area (Å²) >= 11 is 6.57. The zero-order valence-electron chi connectivity index (χ0n) is 17.4. The van der Waals surface area contributed by atoms with Crippen LogP contribution in [-0.4, -0.2) is 24.5 Å². The third kappa shape index (κ3) is 3.71. The average molecular weight is 441 g/mol. The van der Waals surface area contributed by atoms with Crippen molar-refractivity contribution in [3.8, 4) is 11.5 Å². The zero-order chi connectivity index (χ0) is 22.1. The molecule has 0 bridgehead atoms. The minimum Gasteiger partial charge on any atom is -0.533 e. The molecule has 0 saturated carbocycles. The van der Waals surface area contributed by atoms with Gasteiger partial charge < -0.3 is 14.6 Å². The van der Waals surface area contributed by atoms with Crippen LogP contribution >= 0.6 is 11.6 Å². The summed E-state index contributed by atoms with van der Waals surface area (Å²) in [6, 6.07) is 21.4. The van der Waals surface area contributed by atoms with Gasteiger partial charge >= 0.3 is 14.3 Å². The van der Waals surface area contributed by atoms with Gasteiger partial charge in [0.25, 0.3) is 0 Å². The predicted octanol–water partition coefficient (Wildman–Crippen LogP) is 4.99. The first-order chi connectivity index (χ1) is 14.1. The van der Waals surface area contributed by atoms with Gasteiger partial charge in [-0.3, -0.25) is 0 Å². The summed E-state index contributed by atoms with van der Waals surface area (Å²) in [6.07, 6.45) is 0. The van der Waals surface area contributed by atoms with Crippen LogP contribution < -0.4 is 14.8 Å². The van der Waals surface area contributed by atoms with E-state index in [4.69, 9.17) is 16.0 Å². The van der Waals surface area contributed by atoms with Crippen LogP contribution in [-0.2, 0) is 0 Å². The maximum absolute atomic E-state index is 11.5. The molecule has 0 aliphatic rings. The second-order valence-electron chi connectivity index (χ2n) is 8.28. The topological polar surface area (TPSA) is 66.8 Å². The average Bonchev–Trinajstić information content (AvgIpc) is 2.70. The SMILES string of the molecule is Cc1c(Cl)c(O[Si](c2ccccc2)(c2ccccc2)C(C)(C)C)cc(O)c1C(=O)O. The molecule has 0 amide bonds. The first-order valence-corrected chi connectivity index (χ1v) is 11.9. The minimum absolute atomic E-state index is 0.193. The lowest BCUT2D eigenvalue weighted by atomic mass is 10.1. The van der Waals surface area contributed by atoms with Crippen molar-refractivity contribution < 1.29 is 19.4 Å². The van der Waals surface area contributed by atoms with Crippen LogP contribution in [0, 0.1) is 6.92 Å². The fraction of sp³-hybridized carbons (Fsp3) is 0.208. The van der Waals surface area contributed by atoms with E-state index in [9.17, 15) is 15.0 Å². The Morgan fingerprint density at radius 3 is 1.83 bits per heavy atom. The molecule has 0 spiro atoms. The molecule has 0 atom stereocenters. The molecule has 0 aromatic heterocycles. The van der Waals surface area contributed by atoms with Crippen molar-refractivity contribution in [3.63, 3.8) is 0 Å². The fourth-order valence-electron chi connectivity index (χ4n) is 3.90. The third-order valence-corrected chi connectivity index (χ3v) is 10.7. The predicted molar refractivity (Wildman–Crippen MR) is 123 cm³/mol. The van der Waals surface area contributed by atoms with Crippen molar-refractivity contribution in [1.82, 2.24) is 0 Å². The van der Waals surface area contributed by atoms with E-state index >= 15 is 0 Å². The molecule has 0 saturated heterocycles. The van der Waals surface area contributed by atoms with Crippen molar-refractivity contribution in [2.24, 2.45) is 0 Å². The van der Waals surface area contributed by atoms with Gasteiger partial charge in [-0.15, -0.1) is 0 Å². The number of hydrogen-bond acceptors (Lipinski definition) is 3. The van der Waals surface area contributed by atoms with Gasteiger partial charge in [0.15, 0.2) is 0 Å². The molecule has 6 heteroatoms. The third-order valence-electron chi connectivity index (χ3n) is 5.34. The highest BCUT2D eigenvalue weighted by Crippen LogP contribution is 2.42. The Morgan fingerprint density at radius 1 is 0.967 bits per heavy atom. The highest BCUT2D eigenvalue weighted by atomic mass is 35.5. The number of carboxylic acid groups (broad SMARTS) is 1. The number of halogens is 1. The maximum atomic E-state index is 11.5. The molecule has 0 aliphatic heterocycles. The first kappa shape index (κ1) is 21.9. The van der Waals surface area contributed by atoms with Gasteiger partial charge in [0.05, 0.1) is 5.02 Å². The highest BCUT2D eigenvalue weighted by molar-refractivity contribution is 7.00. The van der Waals surface area contributed by atoms with Crippen LogP contribution in [0.4, 0.5) is 0 Å². The Morgan fingerprint density at radius 2 is 1.43 bits per heavy atom. The summed E-state index contributed by atoms with van der Waals surface area (Å²) in [6.45, 7) is 7.96. The van der Waals surface area contributed by atoms with Gasteiger partial charge in [0.2, 0.25) is 0 Å². The standard InChI is InChI=1S/C24H25ClO4Si/c1-16-21(23(27)28)19(26)15-20(22(16)25)29-30(24(2,3)4,17-11-7-5-8-12-17)18-13-9-6-10-14-18/h5-15,26H,1-4H3,(H,27,28). The lowest BCUT2D eigenvalue weighted by Crippen LogP contribution is -2.68. The molecule has 156 valence electrons. The van der Waals surface area contributed by atoms with Crippen LogP contribution in [0.5, 0.6) is 11.5 Å². The van der Waals surface area contributed by atoms with Gasteiger partial charge in [0.1, 0.15) is 17.1 Å². The second kappa shape index (κ2) is 8.17. The van der Waals surface area contributed by atoms with Crippen molar-refractivity contribution in [2.75, 3.05) is 0 Å². The molecule has 2 N–H and O–H groups in total. The minimum atomic E-state index is -2.95. The zero-order valence-corrected chi connectivity index (χ0v) is 19.2. The van der Waals surface area contributed by atoms with E-state index < -0.39 is 14.3 Å². The Labute approximate surface area is 182 Å². The number of phenols is 1. The normalized spacial score (nSPS) is 11.9. The van der Waals surface area contributed by atoms with Gasteiger partial charge in [0, 0.05) is 6.07 Å². The number of rotatable bonds is 5. The molecule has 30 heavy (non-hydrogen) atoms. The summed E-state index contributed by atoms with van der Waals surface area (Å²) in [5.74, 6) is -1.31. The summed E-state index contributed by atoms with van der Waals surface area (Å²) in [5, 5.41) is 21.8. The van der Waals surface area contributed by atoms with Crippen molar-refractivity contribution >= 4 is 36.3 Å². The van der Waals surface area contributed by atoms with Crippen LogP contribution in [0.1, 0.15) is 36.7 Å². The van der Waals surface area contributed by atoms with Crippen LogP contribution in [0.15, 0.2) is 66.7 Å². The lowest BCUT2D eigenvalue weighted by molar-refractivity contribution is 0.0693. The first-order valence-electron chi connectivity index (χ1n) is 9.65. The van der Waals surface area contributed by atoms with E-state index in [-0.39, 0.29) is 32.7 Å². The molecule has 3 aromatic carbocycles. The molecule has 0 aliphatic carbocycles. The van der Waals surface area contributed by atoms with Crippen LogP contribution in [0.2, 0.25) is 10.1 Å². The van der Waals surface area contributed by atoms with E-state index in [2.05, 4.69) is 45.0 Å². The van der Waals surface area contributed by atoms with E-state index in [0.29, 0.717) is 0 Å². The fourth-order valence-corrected chi connectivity index (χ4v) is 8.58. The molecule has 0 heterocycles. The number of hydrogen-bond donors (Lipinski definition) is 2. The highest BCUT2D eigenvalue weighted by Gasteiger charge is 2.52. The maximum Gasteiger partial charge on any atom is 0.339 e. The van der Waals surface area contributed by atoms with E-state index in [1.165, 1.54) is 6.07 Å². The Hall–Kier alpha value is -2.76. The quantitative estimate of drug-likeness (QED) is 0.548. The Bertz CT molecular complexity index is 1020. The Kier molecular flexibility index (Phi) is 5.97. The molecule has 4 nitrogen and oxygen atoms in total. The van der Waals surface area contributed by atoms with E-state index in [1.807, 2.05) is 36.4 Å². The summed E-state index contributed by atoms with van der Waals surface area (Å²) in [7, 11) is -2.95. The smallest absolute Gasteiger partial charge is 0.339 e. The number of carboxylic acids is 1. The lowest BCUT2D eigenvalue weighted by Gasteiger charge is -2.43. The molecule has 0 fully saturated rings. The summed E-state index contributed by atoms with van der Waals surface area (Å²) in [4.78, 5) is 11.5. The van der Waals surface area contributed by atoms with Gasteiger partial charge in [-0.25, -0.2) is 4.79 Å². The molecular weight excluding hydrogens is 416 g/mol. The summed E-state index contributed by atoms with van der Waals surface area (Å²) in [5.41, 5.74) is 0.0619. The van der Waals surface area contributed by atoms with Crippen LogP contribution in [0.25, 0.3) is 0 Å². The molecular formula is C24H25ClO4Si. The number of aromatic hydroxyl groups is 1. The molecule has 0 radical (unpaired) electrons. The van der Waals surface area contributed by atoms with E-state index in [1.54, 1.807) is 6.92 Å². The molecule has 3 rings (SSSR count). The number of benzene rings is 3. The van der Waals surface area contributed by atoms with E-state index in [0.717, 1.165) is 10.4 Å². The van der Waals surface area contributed by atoms with Crippen LogP contribution in [0.3, 0.4) is 0 Å². The second-order valence-corrected chi connectivity index (χ2v) is 12.9. The number of aromatic carboxylic acids is 1. The monoisotopic (exact) mass is 440 g/mol. The molecule has 3 aromatic rings. The largest absolute Gasteiger partial charge is 0.533 e. The number of carbonyl (C=O) groups is 1. The van der Waals surface area contributed by atoms with Crippen molar-refractivity contribution in [2.45, 2.75) is 32.7 Å². The summed E-state index contributed by atoms with van der Waals surface area (Å²) < 4.78 is 6.82.